The summed E-state index contributed by atoms with van der Waals surface area (Å²) in [7, 11) is 2.80. The number of carboxylic acids is 2. The van der Waals surface area contributed by atoms with Crippen LogP contribution < -0.4 is 11.5 Å². The molecular formula is C38H52BrClN2O10. The minimum Gasteiger partial charge on any atom is -0.479 e. The monoisotopic (exact) mass is 810 g/mol. The lowest BCUT2D eigenvalue weighted by molar-refractivity contribution is -0.165. The van der Waals surface area contributed by atoms with E-state index in [1.54, 1.807) is 0 Å². The lowest BCUT2D eigenvalue weighted by Gasteiger charge is -2.20. The zero-order chi connectivity index (χ0) is 38.2. The zero-order valence-electron chi connectivity index (χ0n) is 29.9. The maximum absolute atomic E-state index is 11.8. The van der Waals surface area contributed by atoms with E-state index >= 15 is 0 Å². The second-order valence-corrected chi connectivity index (χ2v) is 13.9. The standard InChI is InChI=1S/C21H29NO2.C13H16BrNO2.C4H6O6.ClH/c1-3-4-5-6-7-8-9-17-10-12-18(13-11-17)19-14-15-21(22,16-19)20(23)24-2;1-17-12(16)13(15)7-6-10(8-13)9-2-4-11(14)5-3-9;5-1(3(7)8)2(6)4(9)10;/h10-13,19H,3-7,14-16,22H2,1-2H3;2-5,10H,6-8,15H2,1H3;1-2,5-6H,(H,7,8)(H,9,10);1H/t19-,21+;10-,13+;1-,2-;/m001./s1. The van der Waals surface area contributed by atoms with Crippen molar-refractivity contribution in [1.29, 1.82) is 0 Å². The van der Waals surface area contributed by atoms with Gasteiger partial charge in [0, 0.05) is 16.5 Å². The van der Waals surface area contributed by atoms with E-state index in [9.17, 15) is 19.2 Å². The van der Waals surface area contributed by atoms with Crippen molar-refractivity contribution >= 4 is 52.2 Å². The molecule has 0 saturated heterocycles. The second kappa shape index (κ2) is 22.5. The van der Waals surface area contributed by atoms with Crippen LogP contribution in [0.25, 0.3) is 0 Å². The van der Waals surface area contributed by atoms with Crippen molar-refractivity contribution in [2.45, 2.75) is 113 Å². The van der Waals surface area contributed by atoms with Crippen LogP contribution in [0.1, 0.15) is 106 Å². The van der Waals surface area contributed by atoms with Gasteiger partial charge in [-0.25, -0.2) is 9.59 Å². The highest BCUT2D eigenvalue weighted by molar-refractivity contribution is 9.10. The number of halogens is 2. The Hall–Kier alpha value is -3.51. The molecule has 0 aromatic heterocycles. The first-order chi connectivity index (χ1) is 24.1. The molecule has 0 bridgehead atoms. The van der Waals surface area contributed by atoms with Crippen molar-refractivity contribution in [1.82, 2.24) is 0 Å². The predicted molar refractivity (Wildman–Crippen MR) is 202 cm³/mol. The summed E-state index contributed by atoms with van der Waals surface area (Å²) < 4.78 is 10.7. The summed E-state index contributed by atoms with van der Waals surface area (Å²) in [4.78, 5) is 43.0. The van der Waals surface area contributed by atoms with Crippen LogP contribution in [0.3, 0.4) is 0 Å². The number of methoxy groups -OCH3 is 2. The average Bonchev–Trinajstić information content (AvgIpc) is 3.73. The summed E-state index contributed by atoms with van der Waals surface area (Å²) in [6.45, 7) is 2.22. The molecule has 6 atom stereocenters. The molecule has 0 amide bonds. The minimum absolute atomic E-state index is 0. The van der Waals surface area contributed by atoms with Gasteiger partial charge in [-0.3, -0.25) is 9.59 Å². The average molecular weight is 812 g/mol. The van der Waals surface area contributed by atoms with E-state index in [0.29, 0.717) is 37.5 Å². The summed E-state index contributed by atoms with van der Waals surface area (Å²) in [6.07, 6.45) is 6.02. The van der Waals surface area contributed by atoms with Gasteiger partial charge in [0.2, 0.25) is 0 Å². The Bertz CT molecular complexity index is 1500. The van der Waals surface area contributed by atoms with E-state index in [-0.39, 0.29) is 24.3 Å². The Labute approximate surface area is 320 Å². The molecule has 0 radical (unpaired) electrons. The fraction of sp³-hybridized carbons (Fsp3) is 0.526. The smallest absolute Gasteiger partial charge is 0.335 e. The molecular weight excluding hydrogens is 760 g/mol. The number of carboxylic acid groups (broad SMARTS) is 2. The normalized spacial score (nSPS) is 22.7. The number of benzene rings is 2. The minimum atomic E-state index is -2.27. The molecule has 0 aliphatic heterocycles. The number of carbonyl (C=O) groups is 4. The first-order valence-electron chi connectivity index (χ1n) is 17.0. The van der Waals surface area contributed by atoms with Crippen molar-refractivity contribution in [3.8, 4) is 11.8 Å². The Balaban J connectivity index is 0.000000422. The molecule has 2 aliphatic carbocycles. The molecule has 2 fully saturated rings. The van der Waals surface area contributed by atoms with Gasteiger partial charge in [0.25, 0.3) is 0 Å². The van der Waals surface area contributed by atoms with Crippen molar-refractivity contribution < 1.29 is 49.1 Å². The summed E-state index contributed by atoms with van der Waals surface area (Å²) >= 11 is 3.41. The quantitative estimate of drug-likeness (QED) is 0.100. The molecule has 288 valence electrons. The number of aliphatic hydroxyl groups is 2. The number of nitrogens with two attached hydrogens (primary N) is 2. The molecule has 0 spiro atoms. The highest BCUT2D eigenvalue weighted by atomic mass is 79.9. The molecule has 8 N–H and O–H groups in total. The van der Waals surface area contributed by atoms with Gasteiger partial charge in [-0.05, 0) is 92.2 Å². The molecule has 2 saturated carbocycles. The van der Waals surface area contributed by atoms with Crippen LogP contribution in [0.5, 0.6) is 0 Å². The van der Waals surface area contributed by atoms with Crippen LogP contribution in [-0.4, -0.2) is 81.8 Å². The van der Waals surface area contributed by atoms with Gasteiger partial charge in [0.05, 0.1) is 14.2 Å². The number of esters is 2. The maximum atomic E-state index is 11.8. The number of ether oxygens (including phenoxy) is 2. The lowest BCUT2D eigenvalue weighted by atomic mass is 9.92. The van der Waals surface area contributed by atoms with Gasteiger partial charge in [0.15, 0.2) is 12.2 Å². The number of hydrogen-bond donors (Lipinski definition) is 6. The number of aliphatic hydroxyl groups excluding tert-OH is 2. The Kier molecular flexibility index (Phi) is 20.2. The SMILES string of the molecule is CCCCCCC#Cc1ccc([C@H]2CC[C@](N)(C(=O)OC)C2)cc1.COC(=O)[C@@]1(N)CC[C@H](c2ccc(Br)cc2)C1.Cl.O=C(O)[C@H](O)[C@@H](O)C(=O)O. The third kappa shape index (κ3) is 14.1. The second-order valence-electron chi connectivity index (χ2n) is 13.0. The number of hydrogen-bond acceptors (Lipinski definition) is 10. The highest BCUT2D eigenvalue weighted by Gasteiger charge is 2.44. The first kappa shape index (κ1) is 46.5. The van der Waals surface area contributed by atoms with Crippen LogP contribution in [0.4, 0.5) is 0 Å². The maximum Gasteiger partial charge on any atom is 0.335 e. The first-order valence-corrected chi connectivity index (χ1v) is 17.8. The summed E-state index contributed by atoms with van der Waals surface area (Å²) in [5.41, 5.74) is 14.2. The van der Waals surface area contributed by atoms with Crippen LogP contribution in [0, 0.1) is 11.8 Å². The molecule has 52 heavy (non-hydrogen) atoms. The number of unbranched alkanes of at least 4 members (excludes halogenated alkanes) is 4. The molecule has 0 unspecified atom stereocenters. The van der Waals surface area contributed by atoms with Crippen molar-refractivity contribution in [3.05, 3.63) is 69.7 Å². The molecule has 4 rings (SSSR count). The highest BCUT2D eigenvalue weighted by Crippen LogP contribution is 2.41. The van der Waals surface area contributed by atoms with Crippen molar-refractivity contribution in [2.24, 2.45) is 11.5 Å². The Morgan fingerprint density at radius 3 is 1.60 bits per heavy atom. The fourth-order valence-corrected chi connectivity index (χ4v) is 6.41. The summed E-state index contributed by atoms with van der Waals surface area (Å²) in [5.74, 6) is 3.04. The van der Waals surface area contributed by atoms with E-state index in [1.165, 1.54) is 51.0 Å². The van der Waals surface area contributed by atoms with Crippen LogP contribution >= 0.6 is 28.3 Å². The van der Waals surface area contributed by atoms with Gasteiger partial charge < -0.3 is 41.4 Å². The number of rotatable bonds is 11. The van der Waals surface area contributed by atoms with E-state index in [2.05, 4.69) is 71.1 Å². The molecule has 0 heterocycles. The lowest BCUT2D eigenvalue weighted by Crippen LogP contribution is -2.46. The van der Waals surface area contributed by atoms with Crippen molar-refractivity contribution in [3.63, 3.8) is 0 Å². The molecule has 12 nitrogen and oxygen atoms in total. The van der Waals surface area contributed by atoms with Gasteiger partial charge in [0.1, 0.15) is 11.1 Å². The zero-order valence-corrected chi connectivity index (χ0v) is 32.3. The van der Waals surface area contributed by atoms with E-state index in [0.717, 1.165) is 29.3 Å². The van der Waals surface area contributed by atoms with Gasteiger partial charge >= 0.3 is 23.9 Å². The van der Waals surface area contributed by atoms with Crippen LogP contribution in [-0.2, 0) is 28.7 Å². The van der Waals surface area contributed by atoms with E-state index < -0.39 is 35.2 Å². The van der Waals surface area contributed by atoms with Crippen LogP contribution in [0.2, 0.25) is 0 Å². The summed E-state index contributed by atoms with van der Waals surface area (Å²) in [6, 6.07) is 16.6. The largest absolute Gasteiger partial charge is 0.479 e. The van der Waals surface area contributed by atoms with Gasteiger partial charge in [-0.2, -0.15) is 0 Å². The molecule has 2 aromatic carbocycles. The third-order valence-corrected chi connectivity index (χ3v) is 9.73. The summed E-state index contributed by atoms with van der Waals surface area (Å²) in [5, 5.41) is 32.5. The molecule has 14 heteroatoms. The van der Waals surface area contributed by atoms with Gasteiger partial charge in [-0.15, -0.1) is 12.4 Å². The Morgan fingerprint density at radius 1 is 0.788 bits per heavy atom. The van der Waals surface area contributed by atoms with Gasteiger partial charge in [-0.1, -0.05) is 78.2 Å². The van der Waals surface area contributed by atoms with Crippen molar-refractivity contribution in [2.75, 3.05) is 14.2 Å². The topological polar surface area (TPSA) is 220 Å². The third-order valence-electron chi connectivity index (χ3n) is 9.20. The molecule has 2 aromatic rings. The predicted octanol–water partition coefficient (Wildman–Crippen LogP) is 5.03. The fourth-order valence-electron chi connectivity index (χ4n) is 6.15. The van der Waals surface area contributed by atoms with Crippen LogP contribution in [0.15, 0.2) is 53.0 Å². The Morgan fingerprint density at radius 2 is 1.21 bits per heavy atom. The number of carbonyl (C=O) groups excluding carboxylic acids is 2. The molecule has 2 aliphatic rings. The number of aliphatic carboxylic acids is 2. The van der Waals surface area contributed by atoms with E-state index in [1.807, 2.05) is 12.1 Å². The van der Waals surface area contributed by atoms with E-state index in [4.69, 9.17) is 41.4 Å².